The molecule has 6 heteroatoms. The summed E-state index contributed by atoms with van der Waals surface area (Å²) in [5.41, 5.74) is -1.04. The lowest BCUT2D eigenvalue weighted by atomic mass is 9.73. The average molecular weight is 396 g/mol. The van der Waals surface area contributed by atoms with Crippen LogP contribution in [-0.2, 0) is 9.53 Å². The van der Waals surface area contributed by atoms with Gasteiger partial charge in [0.25, 0.3) is 0 Å². The molecule has 5 nitrogen and oxygen atoms in total. The van der Waals surface area contributed by atoms with Crippen molar-refractivity contribution in [3.05, 3.63) is 28.2 Å². The van der Waals surface area contributed by atoms with Crippen molar-refractivity contribution in [2.24, 2.45) is 5.92 Å². The first-order chi connectivity index (χ1) is 11.2. The highest BCUT2D eigenvalue weighted by molar-refractivity contribution is 9.10. The van der Waals surface area contributed by atoms with Gasteiger partial charge < -0.3 is 14.8 Å². The van der Waals surface area contributed by atoms with E-state index in [1.807, 2.05) is 6.07 Å². The number of hydrogen-bond acceptors (Lipinski definition) is 5. The predicted molar refractivity (Wildman–Crippen MR) is 93.3 cm³/mol. The molecule has 24 heavy (non-hydrogen) atoms. The largest absolute Gasteiger partial charge is 0.485 e. The highest BCUT2D eigenvalue weighted by Crippen LogP contribution is 2.43. The first-order valence-electron chi connectivity index (χ1n) is 8.18. The van der Waals surface area contributed by atoms with Crippen LogP contribution in [0.15, 0.2) is 22.7 Å². The van der Waals surface area contributed by atoms with Crippen LogP contribution in [0.25, 0.3) is 0 Å². The number of carbonyl (C=O) groups excluding carboxylic acids is 2. The van der Waals surface area contributed by atoms with E-state index in [9.17, 15) is 9.59 Å². The Labute approximate surface area is 150 Å². The summed E-state index contributed by atoms with van der Waals surface area (Å²) in [6.07, 6.45) is 1.19. The first-order valence-corrected chi connectivity index (χ1v) is 8.97. The summed E-state index contributed by atoms with van der Waals surface area (Å²) in [5, 5.41) is 3.26. The molecule has 130 valence electrons. The van der Waals surface area contributed by atoms with Crippen molar-refractivity contribution in [3.63, 3.8) is 0 Å². The Bertz CT molecular complexity index is 674. The van der Waals surface area contributed by atoms with Gasteiger partial charge in [-0.05, 0) is 52.1 Å². The molecule has 1 saturated heterocycles. The minimum Gasteiger partial charge on any atom is -0.485 e. The number of hydrogen-bond donors (Lipinski definition) is 1. The zero-order chi connectivity index (χ0) is 17.5. The summed E-state index contributed by atoms with van der Waals surface area (Å²) in [4.78, 5) is 26.0. The van der Waals surface area contributed by atoms with Crippen LogP contribution in [0, 0.1) is 5.92 Å². The van der Waals surface area contributed by atoms with E-state index in [0.29, 0.717) is 37.2 Å². The summed E-state index contributed by atoms with van der Waals surface area (Å²) in [6, 6.07) is 5.34. The predicted octanol–water partition coefficient (Wildman–Crippen LogP) is 3.10. The van der Waals surface area contributed by atoms with Gasteiger partial charge in [0.1, 0.15) is 17.0 Å². The van der Waals surface area contributed by atoms with E-state index >= 15 is 0 Å². The average Bonchev–Trinajstić information content (AvgIpc) is 2.47. The summed E-state index contributed by atoms with van der Waals surface area (Å²) in [7, 11) is 0. The monoisotopic (exact) mass is 395 g/mol. The van der Waals surface area contributed by atoms with Crippen LogP contribution in [0.1, 0.15) is 44.0 Å². The van der Waals surface area contributed by atoms with E-state index in [2.05, 4.69) is 21.2 Å². The molecule has 1 aromatic carbocycles. The number of esters is 1. The minimum atomic E-state index is -0.930. The van der Waals surface area contributed by atoms with Crippen LogP contribution in [0.5, 0.6) is 5.75 Å². The smallest absolute Gasteiger partial charge is 0.321 e. The van der Waals surface area contributed by atoms with Crippen molar-refractivity contribution in [1.29, 1.82) is 0 Å². The van der Waals surface area contributed by atoms with Crippen LogP contribution in [0.3, 0.4) is 0 Å². The molecule has 0 bridgehead atoms. The number of carbonyl (C=O) groups is 2. The molecular formula is C18H22BrNO4. The van der Waals surface area contributed by atoms with Crippen molar-refractivity contribution in [2.45, 2.75) is 44.8 Å². The van der Waals surface area contributed by atoms with E-state index in [0.717, 1.165) is 4.47 Å². The third-order valence-electron chi connectivity index (χ3n) is 4.40. The van der Waals surface area contributed by atoms with Gasteiger partial charge in [0.15, 0.2) is 11.7 Å². The molecule has 1 atom stereocenters. The van der Waals surface area contributed by atoms with Crippen LogP contribution in [-0.4, -0.2) is 36.0 Å². The maximum absolute atomic E-state index is 13.1. The molecule has 0 amide bonds. The van der Waals surface area contributed by atoms with Gasteiger partial charge in [0.05, 0.1) is 5.56 Å². The number of nitrogens with one attached hydrogen (secondary N) is 1. The van der Waals surface area contributed by atoms with E-state index in [1.165, 1.54) is 0 Å². The summed E-state index contributed by atoms with van der Waals surface area (Å²) in [5.74, 6) is -1.10. The Hall–Kier alpha value is -1.40. The summed E-state index contributed by atoms with van der Waals surface area (Å²) in [6.45, 7) is 6.83. The highest BCUT2D eigenvalue weighted by Gasteiger charge is 2.55. The van der Waals surface area contributed by atoms with Crippen LogP contribution in [0.4, 0.5) is 0 Å². The topological polar surface area (TPSA) is 64.6 Å². The van der Waals surface area contributed by atoms with E-state index in [1.54, 1.807) is 32.9 Å². The molecule has 0 radical (unpaired) electrons. The number of piperidine rings is 1. The third kappa shape index (κ3) is 3.22. The molecule has 1 aromatic rings. The lowest BCUT2D eigenvalue weighted by Crippen LogP contribution is -2.59. The normalized spacial score (nSPS) is 22.7. The fraction of sp³-hybridized carbons (Fsp3) is 0.556. The zero-order valence-corrected chi connectivity index (χ0v) is 15.7. The minimum absolute atomic E-state index is 0.214. The number of benzene rings is 1. The van der Waals surface area contributed by atoms with Gasteiger partial charge in [-0.3, -0.25) is 9.59 Å². The van der Waals surface area contributed by atoms with Crippen molar-refractivity contribution in [1.82, 2.24) is 5.32 Å². The molecule has 0 aliphatic carbocycles. The van der Waals surface area contributed by atoms with E-state index < -0.39 is 23.1 Å². The van der Waals surface area contributed by atoms with Crippen LogP contribution < -0.4 is 10.1 Å². The Morgan fingerprint density at radius 1 is 1.33 bits per heavy atom. The third-order valence-corrected chi connectivity index (χ3v) is 4.89. The Morgan fingerprint density at radius 3 is 2.62 bits per heavy atom. The second-order valence-corrected chi connectivity index (χ2v) is 8.30. The lowest BCUT2D eigenvalue weighted by Gasteiger charge is -2.45. The fourth-order valence-electron chi connectivity index (χ4n) is 3.38. The van der Waals surface area contributed by atoms with Crippen LogP contribution in [0.2, 0.25) is 0 Å². The first kappa shape index (κ1) is 17.4. The van der Waals surface area contributed by atoms with Gasteiger partial charge in [-0.25, -0.2) is 0 Å². The van der Waals surface area contributed by atoms with E-state index in [4.69, 9.17) is 9.47 Å². The lowest BCUT2D eigenvalue weighted by molar-refractivity contribution is -0.166. The zero-order valence-electron chi connectivity index (χ0n) is 14.1. The molecule has 0 saturated carbocycles. The van der Waals surface area contributed by atoms with Gasteiger partial charge in [-0.2, -0.15) is 0 Å². The van der Waals surface area contributed by atoms with Crippen molar-refractivity contribution in [3.8, 4) is 5.75 Å². The molecule has 1 fully saturated rings. The molecule has 2 aliphatic heterocycles. The molecule has 2 aliphatic rings. The molecule has 3 rings (SSSR count). The van der Waals surface area contributed by atoms with Gasteiger partial charge in [-0.1, -0.05) is 15.9 Å². The Kier molecular flexibility index (Phi) is 4.47. The number of fused-ring (bicyclic) bond motifs is 1. The van der Waals surface area contributed by atoms with Crippen molar-refractivity contribution >= 4 is 27.7 Å². The molecule has 0 aromatic heterocycles. The Morgan fingerprint density at radius 2 is 2.00 bits per heavy atom. The standard InChI is InChI=1S/C18H22BrNO4/c1-17(2,3)24-16(22)14-15(21)12-10-11(19)4-5-13(12)23-18(14)6-8-20-9-7-18/h4-5,10,14,20H,6-9H2,1-3H3. The van der Waals surface area contributed by atoms with Gasteiger partial charge in [0, 0.05) is 17.3 Å². The quantitative estimate of drug-likeness (QED) is 0.584. The number of ether oxygens (including phenoxy) is 2. The van der Waals surface area contributed by atoms with Crippen molar-refractivity contribution in [2.75, 3.05) is 13.1 Å². The maximum atomic E-state index is 13.1. The fourth-order valence-corrected chi connectivity index (χ4v) is 3.74. The molecule has 1 spiro atoms. The maximum Gasteiger partial charge on any atom is 0.321 e. The Balaban J connectivity index is 2.04. The summed E-state index contributed by atoms with van der Waals surface area (Å²) >= 11 is 3.38. The molecule has 2 heterocycles. The highest BCUT2D eigenvalue weighted by atomic mass is 79.9. The molecular weight excluding hydrogens is 374 g/mol. The van der Waals surface area contributed by atoms with E-state index in [-0.39, 0.29) is 5.78 Å². The van der Waals surface area contributed by atoms with Crippen molar-refractivity contribution < 1.29 is 19.1 Å². The van der Waals surface area contributed by atoms with Gasteiger partial charge in [-0.15, -0.1) is 0 Å². The van der Waals surface area contributed by atoms with Gasteiger partial charge in [0.2, 0.25) is 0 Å². The number of rotatable bonds is 1. The SMILES string of the molecule is CC(C)(C)OC(=O)C1C(=O)c2cc(Br)ccc2OC12CCNCC2. The number of Topliss-reactive ketones (excluding diaryl/α,β-unsaturated/α-hetero) is 1. The second kappa shape index (κ2) is 6.15. The molecule has 1 N–H and O–H groups in total. The second-order valence-electron chi connectivity index (χ2n) is 7.39. The van der Waals surface area contributed by atoms with Crippen LogP contribution >= 0.6 is 15.9 Å². The number of halogens is 1. The molecule has 1 unspecified atom stereocenters. The summed E-state index contributed by atoms with van der Waals surface area (Å²) < 4.78 is 12.6. The number of ketones is 1. The van der Waals surface area contributed by atoms with Gasteiger partial charge >= 0.3 is 5.97 Å².